The van der Waals surface area contributed by atoms with Gasteiger partial charge in [0.25, 0.3) is 0 Å². The van der Waals surface area contributed by atoms with Crippen LogP contribution >= 0.6 is 22.6 Å². The Hall–Kier alpha value is 0.0100. The lowest BCUT2D eigenvalue weighted by Crippen LogP contribution is -2.14. The predicted octanol–water partition coefficient (Wildman–Crippen LogP) is 3.92. The third-order valence-corrected chi connectivity index (χ3v) is 4.01. The summed E-state index contributed by atoms with van der Waals surface area (Å²) in [6, 6.07) is 4.04. The minimum atomic E-state index is 0.767. The van der Waals surface area contributed by atoms with Crippen molar-refractivity contribution >= 4 is 22.6 Å². The summed E-state index contributed by atoms with van der Waals surface area (Å²) in [7, 11) is 0. The van der Waals surface area contributed by atoms with Gasteiger partial charge in [-0.2, -0.15) is 0 Å². The molecule has 0 aliphatic carbocycles. The predicted molar refractivity (Wildman–Crippen MR) is 64.2 cm³/mol. The van der Waals surface area contributed by atoms with Crippen LogP contribution in [0.4, 0.5) is 0 Å². The molecule has 0 spiro atoms. The summed E-state index contributed by atoms with van der Waals surface area (Å²) >= 11 is 2.46. The van der Waals surface area contributed by atoms with Gasteiger partial charge >= 0.3 is 0 Å². The van der Waals surface area contributed by atoms with Crippen LogP contribution in [0.3, 0.4) is 0 Å². The first-order valence-electron chi connectivity index (χ1n) is 4.86. The van der Waals surface area contributed by atoms with Gasteiger partial charge in [0, 0.05) is 10.8 Å². The van der Waals surface area contributed by atoms with E-state index in [9.17, 15) is 0 Å². The fraction of sp³-hybridized carbons (Fsp3) is 0.636. The Kier molecular flexibility index (Phi) is 4.84. The largest absolute Gasteiger partial charge is 0.469 e. The highest BCUT2D eigenvalue weighted by Crippen LogP contribution is 2.22. The quantitative estimate of drug-likeness (QED) is 0.592. The van der Waals surface area contributed by atoms with E-state index in [0.717, 1.165) is 24.0 Å². The number of hydrogen-bond acceptors (Lipinski definition) is 1. The normalized spacial score (nSPS) is 15.6. The number of halogens is 1. The topological polar surface area (TPSA) is 13.1 Å². The minimum Gasteiger partial charge on any atom is -0.469 e. The van der Waals surface area contributed by atoms with Crippen LogP contribution in [0.25, 0.3) is 0 Å². The summed E-state index contributed by atoms with van der Waals surface area (Å²) < 4.78 is 6.59. The van der Waals surface area contributed by atoms with Crippen molar-refractivity contribution in [1.29, 1.82) is 0 Å². The van der Waals surface area contributed by atoms with Crippen molar-refractivity contribution in [3.05, 3.63) is 24.2 Å². The molecule has 0 aliphatic rings. The molecule has 1 aromatic heterocycles. The zero-order valence-electron chi connectivity index (χ0n) is 8.29. The molecule has 0 aliphatic heterocycles. The van der Waals surface area contributed by atoms with Crippen molar-refractivity contribution in [1.82, 2.24) is 0 Å². The van der Waals surface area contributed by atoms with E-state index in [0.29, 0.717) is 0 Å². The maximum atomic E-state index is 5.36. The van der Waals surface area contributed by atoms with Crippen molar-refractivity contribution in [2.24, 2.45) is 11.8 Å². The zero-order valence-corrected chi connectivity index (χ0v) is 10.5. The van der Waals surface area contributed by atoms with Crippen LogP contribution in [0.2, 0.25) is 0 Å². The monoisotopic (exact) mass is 292 g/mol. The number of furan rings is 1. The Morgan fingerprint density at radius 2 is 2.31 bits per heavy atom. The second-order valence-corrected chi connectivity index (χ2v) is 4.46. The third kappa shape index (κ3) is 3.33. The van der Waals surface area contributed by atoms with Crippen LogP contribution in [-0.2, 0) is 6.42 Å². The van der Waals surface area contributed by atoms with Crippen LogP contribution in [-0.4, -0.2) is 4.43 Å². The van der Waals surface area contributed by atoms with Crippen LogP contribution in [0.5, 0.6) is 0 Å². The van der Waals surface area contributed by atoms with Crippen molar-refractivity contribution in [3.8, 4) is 0 Å². The Labute approximate surface area is 94.0 Å². The molecule has 0 amide bonds. The third-order valence-electron chi connectivity index (χ3n) is 2.62. The van der Waals surface area contributed by atoms with Crippen LogP contribution in [0, 0.1) is 11.8 Å². The van der Waals surface area contributed by atoms with Crippen LogP contribution in [0.1, 0.15) is 26.0 Å². The molecule has 13 heavy (non-hydrogen) atoms. The number of hydrogen-bond donors (Lipinski definition) is 0. The van der Waals surface area contributed by atoms with Crippen molar-refractivity contribution in [3.63, 3.8) is 0 Å². The molecule has 0 radical (unpaired) electrons. The highest BCUT2D eigenvalue weighted by Gasteiger charge is 2.15. The van der Waals surface area contributed by atoms with Crippen molar-refractivity contribution in [2.45, 2.75) is 26.7 Å². The Balaban J connectivity index is 2.49. The number of alkyl halides is 1. The SMILES string of the molecule is CCC(Cc1ccco1)[C@@H](C)CI. The maximum Gasteiger partial charge on any atom is 0.104 e. The lowest BCUT2D eigenvalue weighted by Gasteiger charge is -2.19. The fourth-order valence-electron chi connectivity index (χ4n) is 1.56. The molecule has 0 aromatic carbocycles. The highest BCUT2D eigenvalue weighted by molar-refractivity contribution is 14.1. The van der Waals surface area contributed by atoms with Gasteiger partial charge in [-0.05, 0) is 24.0 Å². The molecule has 0 fully saturated rings. The van der Waals surface area contributed by atoms with E-state index >= 15 is 0 Å². The standard InChI is InChI=1S/C11H17IO/c1-3-10(9(2)8-12)7-11-5-4-6-13-11/h4-6,9-10H,3,7-8H2,1-2H3/t9-,10?/m0/s1. The van der Waals surface area contributed by atoms with Gasteiger partial charge < -0.3 is 4.42 Å². The summed E-state index contributed by atoms with van der Waals surface area (Å²) in [4.78, 5) is 0. The van der Waals surface area contributed by atoms with Gasteiger partial charge in [-0.1, -0.05) is 42.9 Å². The zero-order chi connectivity index (χ0) is 9.68. The summed E-state index contributed by atoms with van der Waals surface area (Å²) in [5, 5.41) is 0. The van der Waals surface area contributed by atoms with Gasteiger partial charge in [0.15, 0.2) is 0 Å². The summed E-state index contributed by atoms with van der Waals surface area (Å²) in [5.41, 5.74) is 0. The minimum absolute atomic E-state index is 0.767. The summed E-state index contributed by atoms with van der Waals surface area (Å²) in [6.07, 6.45) is 4.09. The Morgan fingerprint density at radius 1 is 1.54 bits per heavy atom. The van der Waals surface area contributed by atoms with E-state index in [-0.39, 0.29) is 0 Å². The van der Waals surface area contributed by atoms with E-state index in [1.54, 1.807) is 6.26 Å². The second kappa shape index (κ2) is 5.68. The first-order valence-corrected chi connectivity index (χ1v) is 6.38. The van der Waals surface area contributed by atoms with E-state index < -0.39 is 0 Å². The van der Waals surface area contributed by atoms with E-state index in [2.05, 4.69) is 42.5 Å². The molecule has 0 N–H and O–H groups in total. The first-order chi connectivity index (χ1) is 6.27. The smallest absolute Gasteiger partial charge is 0.104 e. The molecule has 1 aromatic rings. The van der Waals surface area contributed by atoms with Gasteiger partial charge in [0.05, 0.1) is 6.26 Å². The molecule has 2 atom stereocenters. The average molecular weight is 292 g/mol. The maximum absolute atomic E-state index is 5.36. The van der Waals surface area contributed by atoms with Gasteiger partial charge in [0.1, 0.15) is 5.76 Å². The van der Waals surface area contributed by atoms with E-state index in [1.165, 1.54) is 10.8 Å². The molecule has 0 bridgehead atoms. The Bertz CT molecular complexity index is 218. The van der Waals surface area contributed by atoms with E-state index in [4.69, 9.17) is 4.42 Å². The van der Waals surface area contributed by atoms with Crippen LogP contribution < -0.4 is 0 Å². The lowest BCUT2D eigenvalue weighted by molar-refractivity contribution is 0.349. The summed E-state index contributed by atoms with van der Waals surface area (Å²) in [6.45, 7) is 4.58. The fourth-order valence-corrected chi connectivity index (χ4v) is 2.28. The van der Waals surface area contributed by atoms with Gasteiger partial charge in [-0.25, -0.2) is 0 Å². The molecule has 1 heterocycles. The molecule has 0 saturated carbocycles. The molecule has 2 heteroatoms. The highest BCUT2D eigenvalue weighted by atomic mass is 127. The van der Waals surface area contributed by atoms with Crippen LogP contribution in [0.15, 0.2) is 22.8 Å². The van der Waals surface area contributed by atoms with E-state index in [1.807, 2.05) is 6.07 Å². The molecule has 1 unspecified atom stereocenters. The Morgan fingerprint density at radius 3 is 2.77 bits per heavy atom. The summed E-state index contributed by atoms with van der Waals surface area (Å²) in [5.74, 6) is 2.68. The van der Waals surface area contributed by atoms with Crippen molar-refractivity contribution < 1.29 is 4.42 Å². The van der Waals surface area contributed by atoms with Gasteiger partial charge in [0.2, 0.25) is 0 Å². The second-order valence-electron chi connectivity index (χ2n) is 3.58. The molecule has 74 valence electrons. The molecular weight excluding hydrogens is 275 g/mol. The van der Waals surface area contributed by atoms with Gasteiger partial charge in [-0.3, -0.25) is 0 Å². The molecule has 1 nitrogen and oxygen atoms in total. The first kappa shape index (κ1) is 11.1. The van der Waals surface area contributed by atoms with Crippen molar-refractivity contribution in [2.75, 3.05) is 4.43 Å². The average Bonchev–Trinajstić information content (AvgIpc) is 2.65. The van der Waals surface area contributed by atoms with Gasteiger partial charge in [-0.15, -0.1) is 0 Å². The number of rotatable bonds is 5. The molecule has 0 saturated heterocycles. The molecule has 1 rings (SSSR count). The molecular formula is C11H17IO. The lowest BCUT2D eigenvalue weighted by atomic mass is 9.89.